The molecule has 0 atom stereocenters. The number of hydrogen-bond donors (Lipinski definition) is 2. The van der Waals surface area contributed by atoms with Crippen molar-refractivity contribution in [3.63, 3.8) is 0 Å². The number of ether oxygens (including phenoxy) is 2. The normalized spacial score (nSPS) is 11.1. The van der Waals surface area contributed by atoms with Gasteiger partial charge in [0.25, 0.3) is 5.56 Å². The van der Waals surface area contributed by atoms with Gasteiger partial charge in [0.15, 0.2) is 11.5 Å². The fourth-order valence-corrected chi connectivity index (χ4v) is 2.74. The second-order valence-electron chi connectivity index (χ2n) is 5.51. The summed E-state index contributed by atoms with van der Waals surface area (Å²) in [6.07, 6.45) is 1.61. The van der Waals surface area contributed by atoms with E-state index in [1.807, 2.05) is 32.9 Å². The molecule has 0 saturated heterocycles. The van der Waals surface area contributed by atoms with E-state index in [1.54, 1.807) is 13.3 Å². The lowest BCUT2D eigenvalue weighted by Gasteiger charge is -2.11. The van der Waals surface area contributed by atoms with Crippen LogP contribution in [0.25, 0.3) is 0 Å². The van der Waals surface area contributed by atoms with Gasteiger partial charge in [-0.25, -0.2) is 10.4 Å². The van der Waals surface area contributed by atoms with Crippen molar-refractivity contribution in [2.45, 2.75) is 26.7 Å². The van der Waals surface area contributed by atoms with Crippen molar-refractivity contribution in [3.8, 4) is 11.5 Å². The smallest absolute Gasteiger partial charge is 0.252 e. The first kappa shape index (κ1) is 19.0. The molecule has 0 radical (unpaired) electrons. The zero-order valence-corrected chi connectivity index (χ0v) is 16.2. The number of aromatic amines is 1. The summed E-state index contributed by atoms with van der Waals surface area (Å²) in [5.74, 6) is 1.69. The standard InChI is InChI=1S/C17H21BrN4O3/c1-5-25-14-7-11(6-12(18)16(14)24-4)9-19-22-17-20-13(10(2)3)8-15(23)21-17/h6-10H,5H2,1-4H3,(H2,20,21,22,23)/b19-9-. The predicted molar refractivity (Wildman–Crippen MR) is 102 cm³/mol. The molecule has 134 valence electrons. The number of hydrazone groups is 1. The van der Waals surface area contributed by atoms with Crippen LogP contribution >= 0.6 is 15.9 Å². The van der Waals surface area contributed by atoms with Gasteiger partial charge in [-0.2, -0.15) is 5.10 Å². The van der Waals surface area contributed by atoms with Gasteiger partial charge < -0.3 is 9.47 Å². The van der Waals surface area contributed by atoms with Crippen LogP contribution in [0.4, 0.5) is 5.95 Å². The average Bonchev–Trinajstić information content (AvgIpc) is 2.54. The van der Waals surface area contributed by atoms with Gasteiger partial charge in [0.05, 0.1) is 30.1 Å². The first-order valence-corrected chi connectivity index (χ1v) is 8.64. The van der Waals surface area contributed by atoms with Gasteiger partial charge in [-0.05, 0) is 46.5 Å². The van der Waals surface area contributed by atoms with Crippen LogP contribution in [0, 0.1) is 0 Å². The van der Waals surface area contributed by atoms with Gasteiger partial charge in [0.2, 0.25) is 5.95 Å². The van der Waals surface area contributed by atoms with Gasteiger partial charge in [-0.3, -0.25) is 9.78 Å². The van der Waals surface area contributed by atoms with E-state index in [9.17, 15) is 4.79 Å². The van der Waals surface area contributed by atoms with E-state index in [2.05, 4.69) is 36.4 Å². The molecule has 0 bridgehead atoms. The molecule has 25 heavy (non-hydrogen) atoms. The topological polar surface area (TPSA) is 88.6 Å². The number of aromatic nitrogens is 2. The Morgan fingerprint density at radius 1 is 1.40 bits per heavy atom. The second kappa shape index (κ2) is 8.66. The molecule has 0 fully saturated rings. The number of hydrogen-bond acceptors (Lipinski definition) is 6. The molecular weight excluding hydrogens is 388 g/mol. The van der Waals surface area contributed by atoms with Crippen LogP contribution in [-0.2, 0) is 0 Å². The van der Waals surface area contributed by atoms with Crippen molar-refractivity contribution < 1.29 is 9.47 Å². The van der Waals surface area contributed by atoms with Crippen LogP contribution in [0.1, 0.15) is 37.9 Å². The second-order valence-corrected chi connectivity index (χ2v) is 6.37. The number of H-pyrrole nitrogens is 1. The molecular formula is C17H21BrN4O3. The third kappa shape index (κ3) is 5.06. The summed E-state index contributed by atoms with van der Waals surface area (Å²) in [7, 11) is 1.58. The summed E-state index contributed by atoms with van der Waals surface area (Å²) in [6, 6.07) is 5.15. The van der Waals surface area contributed by atoms with Gasteiger partial charge in [0, 0.05) is 6.07 Å². The molecule has 1 heterocycles. The van der Waals surface area contributed by atoms with Crippen LogP contribution in [0.5, 0.6) is 11.5 Å². The molecule has 1 aromatic carbocycles. The molecule has 0 aliphatic heterocycles. The number of benzene rings is 1. The molecule has 0 unspecified atom stereocenters. The lowest BCUT2D eigenvalue weighted by Crippen LogP contribution is -2.12. The number of anilines is 1. The highest BCUT2D eigenvalue weighted by atomic mass is 79.9. The molecule has 2 rings (SSSR count). The van der Waals surface area contributed by atoms with Crippen molar-refractivity contribution in [2.75, 3.05) is 19.1 Å². The van der Waals surface area contributed by atoms with E-state index in [0.29, 0.717) is 29.7 Å². The Balaban J connectivity index is 2.21. The van der Waals surface area contributed by atoms with Crippen LogP contribution in [0.2, 0.25) is 0 Å². The highest BCUT2D eigenvalue weighted by Crippen LogP contribution is 2.36. The molecule has 0 amide bonds. The average molecular weight is 409 g/mol. The quantitative estimate of drug-likeness (QED) is 0.540. The van der Waals surface area contributed by atoms with Crippen molar-refractivity contribution in [3.05, 3.63) is 44.3 Å². The summed E-state index contributed by atoms with van der Waals surface area (Å²) < 4.78 is 11.7. The van der Waals surface area contributed by atoms with Crippen LogP contribution in [0.15, 0.2) is 32.6 Å². The Morgan fingerprint density at radius 2 is 2.16 bits per heavy atom. The Hall–Kier alpha value is -2.35. The zero-order valence-electron chi connectivity index (χ0n) is 14.6. The van der Waals surface area contributed by atoms with Crippen LogP contribution < -0.4 is 20.5 Å². The predicted octanol–water partition coefficient (Wildman–Crippen LogP) is 3.51. The van der Waals surface area contributed by atoms with Crippen molar-refractivity contribution in [2.24, 2.45) is 5.10 Å². The minimum atomic E-state index is -0.220. The molecule has 0 aliphatic rings. The van der Waals surface area contributed by atoms with E-state index in [0.717, 1.165) is 10.0 Å². The molecule has 8 heteroatoms. The minimum absolute atomic E-state index is 0.151. The Bertz CT molecular complexity index is 818. The number of methoxy groups -OCH3 is 1. The summed E-state index contributed by atoms with van der Waals surface area (Å²) in [5.41, 5.74) is 4.02. The summed E-state index contributed by atoms with van der Waals surface area (Å²) in [4.78, 5) is 18.6. The number of nitrogens with zero attached hydrogens (tertiary/aromatic N) is 2. The third-order valence-electron chi connectivity index (χ3n) is 3.27. The highest BCUT2D eigenvalue weighted by Gasteiger charge is 2.10. The Kier molecular flexibility index (Phi) is 6.58. The molecule has 7 nitrogen and oxygen atoms in total. The van der Waals surface area contributed by atoms with Crippen molar-refractivity contribution in [1.82, 2.24) is 9.97 Å². The molecule has 1 aromatic heterocycles. The summed E-state index contributed by atoms with van der Waals surface area (Å²) >= 11 is 3.45. The number of rotatable bonds is 7. The fraction of sp³-hybridized carbons (Fsp3) is 0.353. The summed E-state index contributed by atoms with van der Waals surface area (Å²) in [6.45, 7) is 6.37. The molecule has 0 saturated carbocycles. The zero-order chi connectivity index (χ0) is 18.4. The van der Waals surface area contributed by atoms with Crippen molar-refractivity contribution in [1.29, 1.82) is 0 Å². The van der Waals surface area contributed by atoms with Gasteiger partial charge in [-0.1, -0.05) is 13.8 Å². The lowest BCUT2D eigenvalue weighted by molar-refractivity contribution is 0.310. The first-order valence-electron chi connectivity index (χ1n) is 7.85. The lowest BCUT2D eigenvalue weighted by atomic mass is 10.1. The largest absolute Gasteiger partial charge is 0.492 e. The monoisotopic (exact) mass is 408 g/mol. The highest BCUT2D eigenvalue weighted by molar-refractivity contribution is 9.10. The maximum atomic E-state index is 11.7. The molecule has 0 spiro atoms. The Labute approximate surface area is 154 Å². The number of halogens is 1. The van der Waals surface area contributed by atoms with E-state index in [1.165, 1.54) is 6.07 Å². The van der Waals surface area contributed by atoms with E-state index in [-0.39, 0.29) is 11.5 Å². The van der Waals surface area contributed by atoms with Gasteiger partial charge in [-0.15, -0.1) is 0 Å². The van der Waals surface area contributed by atoms with E-state index in [4.69, 9.17) is 9.47 Å². The third-order valence-corrected chi connectivity index (χ3v) is 3.86. The first-order chi connectivity index (χ1) is 11.9. The fourth-order valence-electron chi connectivity index (χ4n) is 2.12. The van der Waals surface area contributed by atoms with E-state index >= 15 is 0 Å². The SMILES string of the molecule is CCOc1cc(/C=N\Nc2nc(C(C)C)cc(=O)[nH]2)cc(Br)c1OC. The van der Waals surface area contributed by atoms with Crippen LogP contribution in [-0.4, -0.2) is 29.9 Å². The van der Waals surface area contributed by atoms with Crippen molar-refractivity contribution >= 4 is 28.1 Å². The molecule has 2 aromatic rings. The number of nitrogens with one attached hydrogen (secondary N) is 2. The Morgan fingerprint density at radius 3 is 2.80 bits per heavy atom. The van der Waals surface area contributed by atoms with Gasteiger partial charge >= 0.3 is 0 Å². The van der Waals surface area contributed by atoms with Gasteiger partial charge in [0.1, 0.15) is 0 Å². The van der Waals surface area contributed by atoms with Crippen LogP contribution in [0.3, 0.4) is 0 Å². The molecule has 0 aliphatic carbocycles. The maximum absolute atomic E-state index is 11.7. The minimum Gasteiger partial charge on any atom is -0.492 e. The maximum Gasteiger partial charge on any atom is 0.252 e. The molecule has 2 N–H and O–H groups in total. The summed E-state index contributed by atoms with van der Waals surface area (Å²) in [5, 5.41) is 4.13. The van der Waals surface area contributed by atoms with E-state index < -0.39 is 0 Å².